The van der Waals surface area contributed by atoms with Gasteiger partial charge < -0.3 is 23.8 Å². The van der Waals surface area contributed by atoms with Gasteiger partial charge in [0.25, 0.3) is 0 Å². The van der Waals surface area contributed by atoms with Gasteiger partial charge in [-0.3, -0.25) is 10.3 Å². The normalized spacial score (nSPS) is 15.6. The minimum atomic E-state index is 0.0917. The summed E-state index contributed by atoms with van der Waals surface area (Å²) in [6.07, 6.45) is 11.7. The van der Waals surface area contributed by atoms with Gasteiger partial charge >= 0.3 is 0 Å². The number of piperidine rings is 2. The molecule has 300 valence electrons. The maximum absolute atomic E-state index is 6.10. The van der Waals surface area contributed by atoms with Crippen molar-refractivity contribution < 1.29 is 18.9 Å². The van der Waals surface area contributed by atoms with Crippen LogP contribution in [0.4, 0.5) is 11.9 Å². The number of aromatic nitrogens is 4. The summed E-state index contributed by atoms with van der Waals surface area (Å²) in [4.78, 5) is 24.0. The van der Waals surface area contributed by atoms with E-state index >= 15 is 0 Å². The van der Waals surface area contributed by atoms with E-state index < -0.39 is 0 Å². The lowest BCUT2D eigenvalue weighted by atomic mass is 9.98. The molecule has 0 bridgehead atoms. The van der Waals surface area contributed by atoms with Crippen molar-refractivity contribution in [2.24, 2.45) is 0 Å². The zero-order valence-corrected chi connectivity index (χ0v) is 34.1. The summed E-state index contributed by atoms with van der Waals surface area (Å²) in [6.45, 7) is 12.7. The van der Waals surface area contributed by atoms with Crippen molar-refractivity contribution >= 4 is 11.9 Å². The Balaban J connectivity index is 1.03. The summed E-state index contributed by atoms with van der Waals surface area (Å²) in [5.41, 5.74) is 8.95. The molecule has 0 saturated carbocycles. The molecule has 7 rings (SSSR count). The predicted octanol–water partition coefficient (Wildman–Crippen LogP) is 8.15. The van der Waals surface area contributed by atoms with Crippen LogP contribution >= 0.6 is 0 Å². The van der Waals surface area contributed by atoms with E-state index in [0.717, 1.165) is 110 Å². The number of nitrogens with one attached hydrogen (secondary N) is 1. The third kappa shape index (κ3) is 10.5. The van der Waals surface area contributed by atoms with Gasteiger partial charge in [-0.1, -0.05) is 24.3 Å². The number of likely N-dealkylation sites (tertiary alicyclic amines) is 1. The van der Waals surface area contributed by atoms with Gasteiger partial charge in [-0.15, -0.1) is 0 Å². The molecule has 3 aromatic carbocycles. The lowest BCUT2D eigenvalue weighted by Crippen LogP contribution is -2.54. The zero-order valence-electron chi connectivity index (χ0n) is 34.1. The standard InChI is InChI=1S/C45H56N8O4/c1-31(2)56-42-23-33(24-43(25-42)57-32(3)4)30-51-19-15-38(16-20-51)53(50-44-46-26-36(27-47-44)34-7-11-40(54-5)12-8-34)39-17-21-52(22-18-39)45-48-28-37(29-49-45)35-9-13-41(55-6)14-10-35/h7-14,23-29,31-32,38-39H,15-22,30H2,1-6H3,(H,46,47,50). The number of benzene rings is 3. The summed E-state index contributed by atoms with van der Waals surface area (Å²) in [7, 11) is 3.35. The molecule has 0 spiro atoms. The first kappa shape index (κ1) is 39.8. The second-order valence-electron chi connectivity index (χ2n) is 15.4. The molecular formula is C45H56N8O4. The first-order valence-electron chi connectivity index (χ1n) is 20.2. The van der Waals surface area contributed by atoms with Gasteiger partial charge in [-0.25, -0.2) is 24.9 Å². The van der Waals surface area contributed by atoms with Crippen LogP contribution in [0.1, 0.15) is 58.9 Å². The van der Waals surface area contributed by atoms with Crippen LogP contribution in [0, 0.1) is 0 Å². The third-order valence-corrected chi connectivity index (χ3v) is 10.5. The van der Waals surface area contributed by atoms with Crippen LogP contribution in [0.25, 0.3) is 22.3 Å². The van der Waals surface area contributed by atoms with E-state index in [1.165, 1.54) is 5.56 Å². The summed E-state index contributed by atoms with van der Waals surface area (Å²) in [5.74, 6) is 4.73. The third-order valence-electron chi connectivity index (χ3n) is 10.5. The molecule has 2 aliphatic heterocycles. The number of anilines is 2. The Morgan fingerprint density at radius 3 is 1.51 bits per heavy atom. The van der Waals surface area contributed by atoms with E-state index in [2.05, 4.69) is 60.1 Å². The van der Waals surface area contributed by atoms with Crippen molar-refractivity contribution in [3.63, 3.8) is 0 Å². The molecular weight excluding hydrogens is 717 g/mol. The van der Waals surface area contributed by atoms with Gasteiger partial charge in [-0.05, 0) is 106 Å². The van der Waals surface area contributed by atoms with Crippen molar-refractivity contribution in [1.82, 2.24) is 29.8 Å². The molecule has 4 heterocycles. The monoisotopic (exact) mass is 772 g/mol. The SMILES string of the molecule is COc1ccc(-c2cnc(NN(C3CCN(Cc4cc(OC(C)C)cc(OC(C)C)c4)CC3)C3CCN(c4ncc(-c5ccc(OC)cc5)cn4)CC3)nc2)cc1. The number of hydrogen-bond acceptors (Lipinski definition) is 12. The maximum Gasteiger partial charge on any atom is 0.237 e. The molecule has 0 atom stereocenters. The maximum atomic E-state index is 6.10. The van der Waals surface area contributed by atoms with Gasteiger partial charge in [0.2, 0.25) is 11.9 Å². The molecule has 0 aliphatic carbocycles. The Bertz CT molecular complexity index is 1970. The highest BCUT2D eigenvalue weighted by Crippen LogP contribution is 2.30. The van der Waals surface area contributed by atoms with Gasteiger partial charge in [0, 0.05) is 86.8 Å². The number of hydrazine groups is 1. The smallest absolute Gasteiger partial charge is 0.237 e. The fourth-order valence-corrected chi connectivity index (χ4v) is 7.69. The Labute approximate surface area is 337 Å². The quantitative estimate of drug-likeness (QED) is 0.104. The first-order chi connectivity index (χ1) is 27.7. The molecule has 0 unspecified atom stereocenters. The minimum Gasteiger partial charge on any atom is -0.497 e. The minimum absolute atomic E-state index is 0.0917. The van der Waals surface area contributed by atoms with Crippen molar-refractivity contribution in [3.05, 3.63) is 97.1 Å². The highest BCUT2D eigenvalue weighted by Gasteiger charge is 2.33. The van der Waals surface area contributed by atoms with Crippen LogP contribution in [0.3, 0.4) is 0 Å². The molecule has 5 aromatic rings. The highest BCUT2D eigenvalue weighted by atomic mass is 16.5. The summed E-state index contributed by atoms with van der Waals surface area (Å²) in [6, 6.07) is 22.9. The molecule has 12 nitrogen and oxygen atoms in total. The van der Waals surface area contributed by atoms with Crippen LogP contribution in [0.2, 0.25) is 0 Å². The molecule has 1 N–H and O–H groups in total. The van der Waals surface area contributed by atoms with E-state index in [0.29, 0.717) is 18.0 Å². The second-order valence-corrected chi connectivity index (χ2v) is 15.4. The Kier molecular flexibility index (Phi) is 13.0. The Hall–Kier alpha value is -5.46. The van der Waals surface area contributed by atoms with Gasteiger partial charge in [0.15, 0.2) is 0 Å². The van der Waals surface area contributed by atoms with E-state index in [1.54, 1.807) is 14.2 Å². The molecule has 2 saturated heterocycles. The number of ether oxygens (including phenoxy) is 4. The molecule has 0 radical (unpaired) electrons. The summed E-state index contributed by atoms with van der Waals surface area (Å²) >= 11 is 0. The zero-order chi connectivity index (χ0) is 39.7. The van der Waals surface area contributed by atoms with Crippen molar-refractivity contribution in [1.29, 1.82) is 0 Å². The molecule has 2 aromatic heterocycles. The number of nitrogens with zero attached hydrogens (tertiary/aromatic N) is 7. The molecule has 0 amide bonds. The average Bonchev–Trinajstić information content (AvgIpc) is 3.23. The van der Waals surface area contributed by atoms with Crippen LogP contribution in [0.15, 0.2) is 91.5 Å². The van der Waals surface area contributed by atoms with Gasteiger partial charge in [0.1, 0.15) is 23.0 Å². The lowest BCUT2D eigenvalue weighted by molar-refractivity contribution is 0.0807. The van der Waals surface area contributed by atoms with Gasteiger partial charge in [0.05, 0.1) is 26.4 Å². The van der Waals surface area contributed by atoms with E-state index in [9.17, 15) is 0 Å². The second kappa shape index (κ2) is 18.7. The first-order valence-corrected chi connectivity index (χ1v) is 20.2. The van der Waals surface area contributed by atoms with E-state index in [4.69, 9.17) is 38.9 Å². The van der Waals surface area contributed by atoms with Crippen LogP contribution in [-0.4, -0.2) is 94.5 Å². The predicted molar refractivity (Wildman–Crippen MR) is 225 cm³/mol. The van der Waals surface area contributed by atoms with E-state index in [1.807, 2.05) is 79.4 Å². The summed E-state index contributed by atoms with van der Waals surface area (Å²) in [5, 5.41) is 2.45. The molecule has 12 heteroatoms. The average molecular weight is 773 g/mol. The fourth-order valence-electron chi connectivity index (χ4n) is 7.69. The van der Waals surface area contributed by atoms with Crippen molar-refractivity contribution in [2.75, 3.05) is 50.7 Å². The van der Waals surface area contributed by atoms with Crippen molar-refractivity contribution in [3.8, 4) is 45.3 Å². The topological polar surface area (TPSA) is 110 Å². The summed E-state index contributed by atoms with van der Waals surface area (Å²) < 4.78 is 22.9. The Morgan fingerprint density at radius 2 is 1.05 bits per heavy atom. The highest BCUT2D eigenvalue weighted by molar-refractivity contribution is 5.64. The molecule has 57 heavy (non-hydrogen) atoms. The van der Waals surface area contributed by atoms with E-state index in [-0.39, 0.29) is 12.2 Å². The number of rotatable bonds is 15. The van der Waals surface area contributed by atoms with Crippen molar-refractivity contribution in [2.45, 2.75) is 84.2 Å². The lowest BCUT2D eigenvalue weighted by Gasteiger charge is -2.45. The fraction of sp³-hybridized carbons (Fsp3) is 0.422. The van der Waals surface area contributed by atoms with Gasteiger partial charge in [-0.2, -0.15) is 0 Å². The number of methoxy groups -OCH3 is 2. The molecule has 2 aliphatic rings. The van der Waals surface area contributed by atoms with Crippen LogP contribution < -0.4 is 29.3 Å². The largest absolute Gasteiger partial charge is 0.497 e. The Morgan fingerprint density at radius 1 is 0.596 bits per heavy atom. The van der Waals surface area contributed by atoms with Crippen LogP contribution in [-0.2, 0) is 6.54 Å². The van der Waals surface area contributed by atoms with Crippen LogP contribution in [0.5, 0.6) is 23.0 Å². The number of hydrogen-bond donors (Lipinski definition) is 1. The molecule has 2 fully saturated rings.